The summed E-state index contributed by atoms with van der Waals surface area (Å²) < 4.78 is 16.5. The number of hydrogen-bond donors (Lipinski definition) is 2. The fourth-order valence-corrected chi connectivity index (χ4v) is 5.25. The van der Waals surface area contributed by atoms with Gasteiger partial charge in [0, 0.05) is 48.0 Å². The van der Waals surface area contributed by atoms with Crippen LogP contribution in [0.25, 0.3) is 33.6 Å². The van der Waals surface area contributed by atoms with Crippen molar-refractivity contribution in [2.75, 3.05) is 34.5 Å². The lowest BCUT2D eigenvalue weighted by molar-refractivity contribution is 0.189. The molecule has 208 valence electrons. The Morgan fingerprint density at radius 1 is 0.825 bits per heavy atom. The molecule has 0 spiro atoms. The Morgan fingerprint density at radius 2 is 1.35 bits per heavy atom. The van der Waals surface area contributed by atoms with Crippen molar-refractivity contribution in [3.05, 3.63) is 70.2 Å². The van der Waals surface area contributed by atoms with Gasteiger partial charge in [-0.15, -0.1) is 0 Å². The Balaban J connectivity index is 1.47. The maximum atomic E-state index is 6.99. The van der Waals surface area contributed by atoms with Crippen LogP contribution in [0.3, 0.4) is 0 Å². The number of hydrogen-bond acceptors (Lipinski definition) is 9. The molecular weight excluding hydrogens is 551 g/mol. The molecule has 4 aromatic rings. The molecule has 2 aromatic heterocycles. The molecule has 1 aliphatic rings. The first kappa shape index (κ1) is 28.2. The van der Waals surface area contributed by atoms with Gasteiger partial charge < -0.3 is 24.8 Å². The Kier molecular flexibility index (Phi) is 9.08. The molecule has 0 radical (unpaired) electrons. The molecule has 5 rings (SSSR count). The summed E-state index contributed by atoms with van der Waals surface area (Å²) in [7, 11) is 5.00. The average Bonchev–Trinajstić information content (AvgIpc) is 3.51. The van der Waals surface area contributed by atoms with Crippen molar-refractivity contribution < 1.29 is 14.2 Å². The summed E-state index contributed by atoms with van der Waals surface area (Å²) in [5, 5.41) is 7.51. The number of nitrogens with zero attached hydrogens (tertiary/aromatic N) is 4. The first-order valence-corrected chi connectivity index (χ1v) is 13.6. The SMILES string of the molecule is CNCc1ncc(-c2cccc(-c3cccc(-c4cnc(CNC5CCOC5)c(OC)n4)c3Cl)c2Cl)nc1OC. The summed E-state index contributed by atoms with van der Waals surface area (Å²) in [6, 6.07) is 11.8. The van der Waals surface area contributed by atoms with Gasteiger partial charge in [-0.1, -0.05) is 59.6 Å². The van der Waals surface area contributed by atoms with Crippen molar-refractivity contribution in [3.63, 3.8) is 0 Å². The van der Waals surface area contributed by atoms with E-state index in [1.54, 1.807) is 26.6 Å². The van der Waals surface area contributed by atoms with Gasteiger partial charge in [0.05, 0.1) is 54.7 Å². The molecule has 0 saturated carbocycles. The van der Waals surface area contributed by atoms with Gasteiger partial charge in [-0.25, -0.2) is 9.97 Å². The summed E-state index contributed by atoms with van der Waals surface area (Å²) in [6.45, 7) is 2.53. The summed E-state index contributed by atoms with van der Waals surface area (Å²) in [6.07, 6.45) is 4.38. The molecule has 40 heavy (non-hydrogen) atoms. The van der Waals surface area contributed by atoms with Gasteiger partial charge >= 0.3 is 0 Å². The van der Waals surface area contributed by atoms with Crippen LogP contribution in [0.2, 0.25) is 10.0 Å². The van der Waals surface area contributed by atoms with Crippen LogP contribution in [-0.2, 0) is 17.8 Å². The van der Waals surface area contributed by atoms with Crippen molar-refractivity contribution in [2.24, 2.45) is 0 Å². The molecule has 0 aliphatic carbocycles. The minimum Gasteiger partial charge on any atom is -0.480 e. The third-order valence-electron chi connectivity index (χ3n) is 6.68. The summed E-state index contributed by atoms with van der Waals surface area (Å²) >= 11 is 13.9. The second kappa shape index (κ2) is 12.9. The second-order valence-electron chi connectivity index (χ2n) is 9.23. The minimum absolute atomic E-state index is 0.302. The number of nitrogens with one attached hydrogen (secondary N) is 2. The fourth-order valence-electron chi connectivity index (χ4n) is 4.60. The van der Waals surface area contributed by atoms with Gasteiger partial charge in [0.2, 0.25) is 11.8 Å². The zero-order chi connectivity index (χ0) is 28.1. The van der Waals surface area contributed by atoms with Gasteiger partial charge in [-0.3, -0.25) is 9.97 Å². The third-order valence-corrected chi connectivity index (χ3v) is 7.50. The number of rotatable bonds is 10. The lowest BCUT2D eigenvalue weighted by Gasteiger charge is -2.15. The van der Waals surface area contributed by atoms with Gasteiger partial charge in [-0.2, -0.15) is 0 Å². The number of methoxy groups -OCH3 is 2. The Labute approximate surface area is 243 Å². The largest absolute Gasteiger partial charge is 0.480 e. The molecule has 1 unspecified atom stereocenters. The molecule has 0 amide bonds. The average molecular weight is 582 g/mol. The van der Waals surface area contributed by atoms with Gasteiger partial charge in [0.25, 0.3) is 0 Å². The summed E-state index contributed by atoms with van der Waals surface area (Å²) in [4.78, 5) is 18.5. The molecule has 1 aliphatic heterocycles. The van der Waals surface area contributed by atoms with E-state index < -0.39 is 0 Å². The van der Waals surface area contributed by atoms with E-state index in [2.05, 4.69) is 25.6 Å². The van der Waals surface area contributed by atoms with E-state index in [9.17, 15) is 0 Å². The van der Waals surface area contributed by atoms with Crippen LogP contribution < -0.4 is 20.1 Å². The Hall–Kier alpha value is -3.34. The highest BCUT2D eigenvalue weighted by Gasteiger charge is 2.20. The molecule has 11 heteroatoms. The zero-order valence-corrected chi connectivity index (χ0v) is 24.0. The Morgan fingerprint density at radius 3 is 1.82 bits per heavy atom. The van der Waals surface area contributed by atoms with Crippen molar-refractivity contribution in [1.82, 2.24) is 30.6 Å². The maximum Gasteiger partial charge on any atom is 0.237 e. The molecule has 9 nitrogen and oxygen atoms in total. The smallest absolute Gasteiger partial charge is 0.237 e. The van der Waals surface area contributed by atoms with E-state index in [0.29, 0.717) is 75.8 Å². The minimum atomic E-state index is 0.302. The quantitative estimate of drug-likeness (QED) is 0.262. The molecule has 1 saturated heterocycles. The summed E-state index contributed by atoms with van der Waals surface area (Å²) in [5.41, 5.74) is 5.57. The van der Waals surface area contributed by atoms with E-state index in [1.807, 2.05) is 43.4 Å². The highest BCUT2D eigenvalue weighted by molar-refractivity contribution is 6.39. The zero-order valence-electron chi connectivity index (χ0n) is 22.5. The van der Waals surface area contributed by atoms with Crippen LogP contribution >= 0.6 is 23.2 Å². The first-order chi connectivity index (χ1) is 19.5. The monoisotopic (exact) mass is 580 g/mol. The molecule has 1 fully saturated rings. The summed E-state index contributed by atoms with van der Waals surface area (Å²) in [5.74, 6) is 0.885. The number of halogens is 2. The molecule has 0 bridgehead atoms. The first-order valence-electron chi connectivity index (χ1n) is 12.9. The van der Waals surface area contributed by atoms with E-state index in [-0.39, 0.29) is 0 Å². The predicted molar refractivity (Wildman–Crippen MR) is 156 cm³/mol. The van der Waals surface area contributed by atoms with Crippen molar-refractivity contribution >= 4 is 23.2 Å². The standard InChI is InChI=1S/C29H30Cl2N6O3/c1-32-12-24-28(38-2)36-22(13-34-24)20-8-4-6-18(26(20)30)19-7-5-9-21(27(19)31)23-14-35-25(29(37-23)39-3)15-33-17-10-11-40-16-17/h4-9,13-14,17,32-33H,10-12,15-16H2,1-3H3. The molecule has 2 aromatic carbocycles. The predicted octanol–water partition coefficient (Wildman–Crippen LogP) is 5.19. The lowest BCUT2D eigenvalue weighted by Crippen LogP contribution is -2.29. The normalized spacial score (nSPS) is 14.9. The van der Waals surface area contributed by atoms with Crippen molar-refractivity contribution in [2.45, 2.75) is 25.6 Å². The molecule has 3 heterocycles. The van der Waals surface area contributed by atoms with Crippen molar-refractivity contribution in [3.8, 4) is 45.4 Å². The van der Waals surface area contributed by atoms with Crippen LogP contribution in [0.1, 0.15) is 17.8 Å². The third kappa shape index (κ3) is 5.89. The van der Waals surface area contributed by atoms with Gasteiger partial charge in [0.1, 0.15) is 11.4 Å². The molecule has 2 N–H and O–H groups in total. The van der Waals surface area contributed by atoms with Gasteiger partial charge in [-0.05, 0) is 13.5 Å². The number of benzene rings is 2. The van der Waals surface area contributed by atoms with E-state index in [4.69, 9.17) is 42.4 Å². The number of aromatic nitrogens is 4. The van der Waals surface area contributed by atoms with Crippen LogP contribution in [-0.4, -0.2) is 60.5 Å². The molecule has 1 atom stereocenters. The Bertz CT molecular complexity index is 1500. The fraction of sp³-hybridized carbons (Fsp3) is 0.310. The van der Waals surface area contributed by atoms with Crippen LogP contribution in [0, 0.1) is 0 Å². The van der Waals surface area contributed by atoms with Crippen LogP contribution in [0.15, 0.2) is 48.8 Å². The lowest BCUT2D eigenvalue weighted by atomic mass is 9.98. The van der Waals surface area contributed by atoms with E-state index in [1.165, 1.54) is 0 Å². The second-order valence-corrected chi connectivity index (χ2v) is 9.98. The number of ether oxygens (including phenoxy) is 3. The van der Waals surface area contributed by atoms with Crippen LogP contribution in [0.5, 0.6) is 11.8 Å². The molecular formula is C29H30Cl2N6O3. The highest BCUT2D eigenvalue weighted by Crippen LogP contribution is 2.42. The highest BCUT2D eigenvalue weighted by atomic mass is 35.5. The van der Waals surface area contributed by atoms with Crippen LogP contribution in [0.4, 0.5) is 0 Å². The van der Waals surface area contributed by atoms with Crippen molar-refractivity contribution in [1.29, 1.82) is 0 Å². The van der Waals surface area contributed by atoms with E-state index in [0.717, 1.165) is 29.8 Å². The maximum absolute atomic E-state index is 6.99. The van der Waals surface area contributed by atoms with Gasteiger partial charge in [0.15, 0.2) is 0 Å². The topological polar surface area (TPSA) is 103 Å². The van der Waals surface area contributed by atoms with E-state index >= 15 is 0 Å².